The van der Waals surface area contributed by atoms with Crippen molar-refractivity contribution in [2.75, 3.05) is 26.7 Å². The van der Waals surface area contributed by atoms with Crippen molar-refractivity contribution in [3.05, 3.63) is 101 Å². The van der Waals surface area contributed by atoms with Gasteiger partial charge in [-0.15, -0.1) is 0 Å². The van der Waals surface area contributed by atoms with Crippen molar-refractivity contribution in [1.82, 2.24) is 10.2 Å². The Labute approximate surface area is 197 Å². The average Bonchev–Trinajstić information content (AvgIpc) is 2.85. The Hall–Kier alpha value is -3.11. The largest absolute Gasteiger partial charge is 0.497 e. The number of benzene rings is 3. The second kappa shape index (κ2) is 11.2. The first-order chi connectivity index (χ1) is 16.1. The van der Waals surface area contributed by atoms with Crippen molar-refractivity contribution in [1.29, 1.82) is 0 Å². The predicted molar refractivity (Wildman–Crippen MR) is 133 cm³/mol. The second-order valence-electron chi connectivity index (χ2n) is 9.11. The lowest BCUT2D eigenvalue weighted by molar-refractivity contribution is -0.127. The number of hydrogen-bond acceptors (Lipinski definition) is 3. The van der Waals surface area contributed by atoms with E-state index in [1.807, 2.05) is 18.2 Å². The summed E-state index contributed by atoms with van der Waals surface area (Å²) >= 11 is 0. The van der Waals surface area contributed by atoms with Crippen LogP contribution in [-0.2, 0) is 17.8 Å². The molecule has 3 aromatic rings. The molecular weight excluding hydrogens is 408 g/mol. The maximum Gasteiger partial charge on any atom is 0.224 e. The molecule has 4 rings (SSSR count). The standard InChI is InChI=1S/C29H34N2O2/c1-22-7-6-10-25(17-22)26-18-27(21-31(20-26)19-24-8-4-3-5-9-24)29(32)30-16-15-23-11-13-28(33-2)14-12-23/h3-14,17,26-27H,15-16,18-21H2,1-2H3,(H,30,32)/t26-,27-/m0/s1. The van der Waals surface area contributed by atoms with Gasteiger partial charge in [0.25, 0.3) is 0 Å². The van der Waals surface area contributed by atoms with E-state index in [0.717, 1.165) is 38.2 Å². The SMILES string of the molecule is COc1ccc(CCNC(=O)[C@H]2C[C@H](c3cccc(C)c3)CN(Cc3ccccc3)C2)cc1. The number of likely N-dealkylation sites (tertiary alicyclic amines) is 1. The number of rotatable bonds is 8. The summed E-state index contributed by atoms with van der Waals surface area (Å²) in [5.74, 6) is 1.37. The zero-order valence-corrected chi connectivity index (χ0v) is 19.7. The van der Waals surface area contributed by atoms with Crippen LogP contribution in [0, 0.1) is 12.8 Å². The fourth-order valence-corrected chi connectivity index (χ4v) is 4.78. The van der Waals surface area contributed by atoms with Crippen LogP contribution in [0.2, 0.25) is 0 Å². The highest BCUT2D eigenvalue weighted by atomic mass is 16.5. The van der Waals surface area contributed by atoms with Crippen molar-refractivity contribution in [2.45, 2.75) is 32.2 Å². The average molecular weight is 443 g/mol. The minimum Gasteiger partial charge on any atom is -0.497 e. The summed E-state index contributed by atoms with van der Waals surface area (Å²) in [4.78, 5) is 15.6. The second-order valence-corrected chi connectivity index (χ2v) is 9.11. The number of amides is 1. The molecule has 0 saturated carbocycles. The topological polar surface area (TPSA) is 41.6 Å². The minimum atomic E-state index is -0.0103. The molecule has 1 heterocycles. The summed E-state index contributed by atoms with van der Waals surface area (Å²) in [5.41, 5.74) is 5.10. The van der Waals surface area contributed by atoms with Crippen LogP contribution in [-0.4, -0.2) is 37.6 Å². The number of piperidine rings is 1. The Morgan fingerprint density at radius 2 is 1.76 bits per heavy atom. The van der Waals surface area contributed by atoms with Crippen LogP contribution in [0.15, 0.2) is 78.9 Å². The third-order valence-corrected chi connectivity index (χ3v) is 6.53. The Balaban J connectivity index is 1.41. The fraction of sp³-hybridized carbons (Fsp3) is 0.345. The Morgan fingerprint density at radius 3 is 2.48 bits per heavy atom. The molecule has 1 N–H and O–H groups in total. The van der Waals surface area contributed by atoms with E-state index in [0.29, 0.717) is 12.5 Å². The van der Waals surface area contributed by atoms with Crippen LogP contribution in [0.1, 0.15) is 34.6 Å². The van der Waals surface area contributed by atoms with Crippen molar-refractivity contribution >= 4 is 5.91 Å². The summed E-state index contributed by atoms with van der Waals surface area (Å²) < 4.78 is 5.22. The van der Waals surface area contributed by atoms with Crippen molar-refractivity contribution in [2.24, 2.45) is 5.92 Å². The first-order valence-corrected chi connectivity index (χ1v) is 11.8. The monoisotopic (exact) mass is 442 g/mol. The van der Waals surface area contributed by atoms with Crippen LogP contribution < -0.4 is 10.1 Å². The van der Waals surface area contributed by atoms with Gasteiger partial charge in [-0.1, -0.05) is 72.3 Å². The molecule has 0 aliphatic carbocycles. The first kappa shape index (κ1) is 23.1. The lowest BCUT2D eigenvalue weighted by Crippen LogP contribution is -2.45. The molecule has 0 bridgehead atoms. The van der Waals surface area contributed by atoms with E-state index >= 15 is 0 Å². The summed E-state index contributed by atoms with van der Waals surface area (Å²) in [6, 6.07) is 27.3. The summed E-state index contributed by atoms with van der Waals surface area (Å²) in [6.07, 6.45) is 1.71. The van der Waals surface area contributed by atoms with Gasteiger partial charge in [0, 0.05) is 26.2 Å². The molecule has 0 radical (unpaired) electrons. The van der Waals surface area contributed by atoms with Gasteiger partial charge in [0.15, 0.2) is 0 Å². The van der Waals surface area contributed by atoms with Crippen LogP contribution in [0.25, 0.3) is 0 Å². The number of nitrogens with zero attached hydrogens (tertiary/aromatic N) is 1. The zero-order chi connectivity index (χ0) is 23.0. The Morgan fingerprint density at radius 1 is 0.970 bits per heavy atom. The van der Waals surface area contributed by atoms with Crippen molar-refractivity contribution < 1.29 is 9.53 Å². The number of carbonyl (C=O) groups excluding carboxylic acids is 1. The van der Waals surface area contributed by atoms with E-state index < -0.39 is 0 Å². The normalized spacial score (nSPS) is 18.6. The molecule has 4 heteroatoms. The number of carbonyl (C=O) groups is 1. The Kier molecular flexibility index (Phi) is 7.79. The number of ether oxygens (including phenoxy) is 1. The predicted octanol–water partition coefficient (Wildman–Crippen LogP) is 4.97. The molecule has 172 valence electrons. The van der Waals surface area contributed by atoms with Gasteiger partial charge in [-0.25, -0.2) is 0 Å². The molecule has 2 atom stereocenters. The number of hydrogen-bond donors (Lipinski definition) is 1. The van der Waals surface area contributed by atoms with Crippen molar-refractivity contribution in [3.8, 4) is 5.75 Å². The third-order valence-electron chi connectivity index (χ3n) is 6.53. The zero-order valence-electron chi connectivity index (χ0n) is 19.7. The van der Waals surface area contributed by atoms with Gasteiger partial charge in [-0.3, -0.25) is 9.69 Å². The van der Waals surface area contributed by atoms with Crippen LogP contribution in [0.5, 0.6) is 5.75 Å². The third kappa shape index (κ3) is 6.45. The van der Waals surface area contributed by atoms with Gasteiger partial charge < -0.3 is 10.1 Å². The molecule has 1 saturated heterocycles. The fourth-order valence-electron chi connectivity index (χ4n) is 4.78. The maximum absolute atomic E-state index is 13.2. The minimum absolute atomic E-state index is 0.0103. The van der Waals surface area contributed by atoms with E-state index in [-0.39, 0.29) is 11.8 Å². The molecule has 1 fully saturated rings. The molecule has 1 aliphatic heterocycles. The first-order valence-electron chi connectivity index (χ1n) is 11.8. The molecule has 0 unspecified atom stereocenters. The molecule has 33 heavy (non-hydrogen) atoms. The lowest BCUT2D eigenvalue weighted by Gasteiger charge is -2.37. The highest BCUT2D eigenvalue weighted by Crippen LogP contribution is 2.31. The molecule has 3 aromatic carbocycles. The van der Waals surface area contributed by atoms with Crippen LogP contribution >= 0.6 is 0 Å². The summed E-state index contributed by atoms with van der Waals surface area (Å²) in [6.45, 7) is 5.44. The molecule has 1 amide bonds. The molecule has 0 aromatic heterocycles. The Bertz CT molecular complexity index is 1030. The molecular formula is C29H34N2O2. The number of nitrogens with one attached hydrogen (secondary N) is 1. The number of aryl methyl sites for hydroxylation is 1. The molecule has 1 aliphatic rings. The highest BCUT2D eigenvalue weighted by molar-refractivity contribution is 5.79. The summed E-state index contributed by atoms with van der Waals surface area (Å²) in [5, 5.41) is 3.20. The smallest absolute Gasteiger partial charge is 0.224 e. The van der Waals surface area contributed by atoms with E-state index in [4.69, 9.17) is 4.74 Å². The quantitative estimate of drug-likeness (QED) is 0.536. The van der Waals surface area contributed by atoms with E-state index in [1.54, 1.807) is 7.11 Å². The van der Waals surface area contributed by atoms with E-state index in [1.165, 1.54) is 22.3 Å². The highest BCUT2D eigenvalue weighted by Gasteiger charge is 2.32. The van der Waals surface area contributed by atoms with E-state index in [9.17, 15) is 4.79 Å². The van der Waals surface area contributed by atoms with Crippen LogP contribution in [0.4, 0.5) is 0 Å². The van der Waals surface area contributed by atoms with Gasteiger partial charge in [-0.05, 0) is 54.5 Å². The van der Waals surface area contributed by atoms with Gasteiger partial charge in [0.2, 0.25) is 5.91 Å². The van der Waals surface area contributed by atoms with Gasteiger partial charge in [-0.2, -0.15) is 0 Å². The van der Waals surface area contributed by atoms with Gasteiger partial charge in [0.1, 0.15) is 5.75 Å². The van der Waals surface area contributed by atoms with Crippen molar-refractivity contribution in [3.63, 3.8) is 0 Å². The molecule has 4 nitrogen and oxygen atoms in total. The van der Waals surface area contributed by atoms with Gasteiger partial charge in [0.05, 0.1) is 13.0 Å². The van der Waals surface area contributed by atoms with Crippen LogP contribution in [0.3, 0.4) is 0 Å². The van der Waals surface area contributed by atoms with E-state index in [2.05, 4.69) is 77.8 Å². The number of methoxy groups -OCH3 is 1. The lowest BCUT2D eigenvalue weighted by atomic mass is 9.83. The summed E-state index contributed by atoms with van der Waals surface area (Å²) in [7, 11) is 1.67. The maximum atomic E-state index is 13.2. The van der Waals surface area contributed by atoms with Gasteiger partial charge >= 0.3 is 0 Å². The molecule has 0 spiro atoms.